The van der Waals surface area contributed by atoms with Gasteiger partial charge in [0.05, 0.1) is 5.69 Å². The first-order chi connectivity index (χ1) is 9.49. The number of nitrogens with one attached hydrogen (secondary N) is 1. The molecule has 0 saturated heterocycles. The van der Waals surface area contributed by atoms with Crippen LogP contribution in [0.2, 0.25) is 0 Å². The van der Waals surface area contributed by atoms with Crippen molar-refractivity contribution in [3.05, 3.63) is 23.0 Å². The van der Waals surface area contributed by atoms with Gasteiger partial charge >= 0.3 is 0 Å². The highest BCUT2D eigenvalue weighted by atomic mass is 16.3. The largest absolute Gasteiger partial charge is 0.396 e. The topological polar surface area (TPSA) is 67.2 Å². The number of aliphatic hydroxyl groups excluding tert-OH is 1. The maximum atomic E-state index is 11.8. The molecule has 0 aliphatic carbocycles. The molecular formula is C15H25N3O2. The molecule has 1 aromatic heterocycles. The number of carbonyl (C=O) groups excluding carboxylic acids is 1. The molecule has 0 aliphatic rings. The van der Waals surface area contributed by atoms with Gasteiger partial charge in [-0.25, -0.2) is 0 Å². The second kappa shape index (κ2) is 7.85. The zero-order valence-electron chi connectivity index (χ0n) is 12.8. The van der Waals surface area contributed by atoms with Gasteiger partial charge in [0.15, 0.2) is 0 Å². The Morgan fingerprint density at radius 1 is 1.50 bits per heavy atom. The van der Waals surface area contributed by atoms with Gasteiger partial charge < -0.3 is 10.4 Å². The summed E-state index contributed by atoms with van der Waals surface area (Å²) in [5, 5.41) is 16.1. The smallest absolute Gasteiger partial charge is 0.244 e. The van der Waals surface area contributed by atoms with E-state index < -0.39 is 0 Å². The lowest BCUT2D eigenvalue weighted by molar-refractivity contribution is -0.116. The number of hydrogen-bond acceptors (Lipinski definition) is 3. The number of nitrogens with zero attached hydrogens (tertiary/aromatic N) is 2. The maximum absolute atomic E-state index is 11.8. The molecule has 0 fully saturated rings. The van der Waals surface area contributed by atoms with Crippen LogP contribution in [0.5, 0.6) is 0 Å². The van der Waals surface area contributed by atoms with Crippen LogP contribution in [0.15, 0.2) is 6.08 Å². The van der Waals surface area contributed by atoms with Crippen LogP contribution in [0, 0.1) is 19.8 Å². The standard InChI is InChI=1S/C15H25N3O2/c1-5-13(8-9-19)10-16-15(20)7-6-14-11(2)17-18(4)12(14)3/h6-7,13,19H,5,8-10H2,1-4H3,(H,16,20)/b7-6+. The summed E-state index contributed by atoms with van der Waals surface area (Å²) in [6.07, 6.45) is 5.02. The van der Waals surface area contributed by atoms with Crippen molar-refractivity contribution < 1.29 is 9.90 Å². The molecule has 1 atom stereocenters. The normalized spacial score (nSPS) is 12.8. The summed E-state index contributed by atoms with van der Waals surface area (Å²) >= 11 is 0. The molecule has 1 heterocycles. The Balaban J connectivity index is 2.55. The van der Waals surface area contributed by atoms with Gasteiger partial charge in [-0.3, -0.25) is 9.48 Å². The molecule has 1 unspecified atom stereocenters. The minimum absolute atomic E-state index is 0.107. The number of carbonyl (C=O) groups is 1. The number of aliphatic hydroxyl groups is 1. The fourth-order valence-corrected chi connectivity index (χ4v) is 2.13. The third kappa shape index (κ3) is 4.49. The highest BCUT2D eigenvalue weighted by molar-refractivity contribution is 5.91. The monoisotopic (exact) mass is 279 g/mol. The van der Waals surface area contributed by atoms with E-state index in [-0.39, 0.29) is 12.5 Å². The average Bonchev–Trinajstić information content (AvgIpc) is 2.66. The predicted molar refractivity (Wildman–Crippen MR) is 80.2 cm³/mol. The Hall–Kier alpha value is -1.62. The van der Waals surface area contributed by atoms with Gasteiger partial charge in [-0.2, -0.15) is 5.10 Å². The Kier molecular flexibility index (Phi) is 6.45. The van der Waals surface area contributed by atoms with Gasteiger partial charge in [0.1, 0.15) is 0 Å². The van der Waals surface area contributed by atoms with E-state index in [1.165, 1.54) is 0 Å². The predicted octanol–water partition coefficient (Wildman–Crippen LogP) is 1.57. The molecule has 5 nitrogen and oxygen atoms in total. The van der Waals surface area contributed by atoms with Crippen LogP contribution in [0.25, 0.3) is 6.08 Å². The summed E-state index contributed by atoms with van der Waals surface area (Å²) in [7, 11) is 1.89. The third-order valence-corrected chi connectivity index (χ3v) is 3.65. The summed E-state index contributed by atoms with van der Waals surface area (Å²) in [4.78, 5) is 11.8. The SMILES string of the molecule is CCC(CCO)CNC(=O)/C=C/c1c(C)nn(C)c1C. The molecule has 0 spiro atoms. The van der Waals surface area contributed by atoms with Gasteiger partial charge in [-0.05, 0) is 32.3 Å². The Bertz CT molecular complexity index is 478. The van der Waals surface area contributed by atoms with Crippen molar-refractivity contribution in [1.82, 2.24) is 15.1 Å². The number of hydrogen-bond donors (Lipinski definition) is 2. The second-order valence-corrected chi connectivity index (χ2v) is 5.07. The van der Waals surface area contributed by atoms with Gasteiger partial charge in [-0.15, -0.1) is 0 Å². The Morgan fingerprint density at radius 3 is 2.70 bits per heavy atom. The van der Waals surface area contributed by atoms with Crippen LogP contribution in [0.3, 0.4) is 0 Å². The second-order valence-electron chi connectivity index (χ2n) is 5.07. The van der Waals surface area contributed by atoms with Gasteiger partial charge in [0.25, 0.3) is 0 Å². The zero-order chi connectivity index (χ0) is 15.1. The van der Waals surface area contributed by atoms with Crippen molar-refractivity contribution >= 4 is 12.0 Å². The van der Waals surface area contributed by atoms with E-state index in [1.807, 2.05) is 20.9 Å². The molecule has 2 N–H and O–H groups in total. The molecule has 0 aromatic carbocycles. The lowest BCUT2D eigenvalue weighted by Gasteiger charge is -2.13. The van der Waals surface area contributed by atoms with Gasteiger partial charge in [0.2, 0.25) is 5.91 Å². The molecule has 0 bridgehead atoms. The van der Waals surface area contributed by atoms with E-state index in [4.69, 9.17) is 5.11 Å². The van der Waals surface area contributed by atoms with Gasteiger partial charge in [0, 0.05) is 37.5 Å². The Morgan fingerprint density at radius 2 is 2.20 bits per heavy atom. The fourth-order valence-electron chi connectivity index (χ4n) is 2.13. The number of aryl methyl sites for hydroxylation is 2. The quantitative estimate of drug-likeness (QED) is 0.745. The van der Waals surface area contributed by atoms with Crippen molar-refractivity contribution in [2.24, 2.45) is 13.0 Å². The molecular weight excluding hydrogens is 254 g/mol. The molecule has 5 heteroatoms. The molecule has 1 rings (SSSR count). The van der Waals surface area contributed by atoms with E-state index in [9.17, 15) is 4.79 Å². The van der Waals surface area contributed by atoms with Crippen LogP contribution < -0.4 is 5.32 Å². The summed E-state index contributed by atoms with van der Waals surface area (Å²) < 4.78 is 1.81. The maximum Gasteiger partial charge on any atom is 0.244 e. The molecule has 1 aromatic rings. The van der Waals surface area contributed by atoms with Crippen molar-refractivity contribution in [1.29, 1.82) is 0 Å². The number of amides is 1. The van der Waals surface area contributed by atoms with Gasteiger partial charge in [-0.1, -0.05) is 13.3 Å². The van der Waals surface area contributed by atoms with Crippen LogP contribution in [0.1, 0.15) is 36.7 Å². The van der Waals surface area contributed by atoms with E-state index in [0.29, 0.717) is 12.5 Å². The first kappa shape index (κ1) is 16.4. The minimum atomic E-state index is -0.107. The van der Waals surface area contributed by atoms with E-state index in [0.717, 1.165) is 29.8 Å². The van der Waals surface area contributed by atoms with Crippen LogP contribution >= 0.6 is 0 Å². The molecule has 112 valence electrons. The summed E-state index contributed by atoms with van der Waals surface area (Å²) in [5.41, 5.74) is 2.95. The number of aromatic nitrogens is 2. The van der Waals surface area contributed by atoms with Crippen molar-refractivity contribution in [2.45, 2.75) is 33.6 Å². The lowest BCUT2D eigenvalue weighted by Crippen LogP contribution is -2.28. The molecule has 0 radical (unpaired) electrons. The average molecular weight is 279 g/mol. The first-order valence-corrected chi connectivity index (χ1v) is 7.06. The van der Waals surface area contributed by atoms with E-state index >= 15 is 0 Å². The molecule has 20 heavy (non-hydrogen) atoms. The zero-order valence-corrected chi connectivity index (χ0v) is 12.8. The summed E-state index contributed by atoms with van der Waals surface area (Å²) in [6.45, 7) is 6.74. The van der Waals surface area contributed by atoms with E-state index in [2.05, 4.69) is 17.3 Å². The van der Waals surface area contributed by atoms with Crippen molar-refractivity contribution in [3.8, 4) is 0 Å². The first-order valence-electron chi connectivity index (χ1n) is 7.06. The minimum Gasteiger partial charge on any atom is -0.396 e. The fraction of sp³-hybridized carbons (Fsp3) is 0.600. The van der Waals surface area contributed by atoms with Crippen molar-refractivity contribution in [3.63, 3.8) is 0 Å². The third-order valence-electron chi connectivity index (χ3n) is 3.65. The molecule has 0 saturated carbocycles. The number of rotatable bonds is 7. The molecule has 1 amide bonds. The highest BCUT2D eigenvalue weighted by Crippen LogP contribution is 2.13. The lowest BCUT2D eigenvalue weighted by atomic mass is 10.0. The van der Waals surface area contributed by atoms with Crippen molar-refractivity contribution in [2.75, 3.05) is 13.2 Å². The highest BCUT2D eigenvalue weighted by Gasteiger charge is 2.08. The summed E-state index contributed by atoms with van der Waals surface area (Å²) in [5.74, 6) is 0.225. The Labute approximate surface area is 120 Å². The summed E-state index contributed by atoms with van der Waals surface area (Å²) in [6, 6.07) is 0. The molecule has 0 aliphatic heterocycles. The van der Waals surface area contributed by atoms with Crippen LogP contribution in [-0.4, -0.2) is 33.9 Å². The van der Waals surface area contributed by atoms with Crippen LogP contribution in [-0.2, 0) is 11.8 Å². The van der Waals surface area contributed by atoms with Crippen LogP contribution in [0.4, 0.5) is 0 Å². The van der Waals surface area contributed by atoms with E-state index in [1.54, 1.807) is 16.8 Å².